The Morgan fingerprint density at radius 1 is 0.688 bits per heavy atom. The van der Waals surface area contributed by atoms with Crippen LogP contribution in [0.3, 0.4) is 0 Å². The minimum atomic E-state index is -2.33. The number of hydrogen-bond acceptors (Lipinski definition) is 5. The predicted octanol–water partition coefficient (Wildman–Crippen LogP) is -0.0732. The average molecular weight is 232 g/mol. The van der Waals surface area contributed by atoms with Crippen molar-refractivity contribution in [3.63, 3.8) is 0 Å². The number of rotatable bonds is 0. The number of hydrogen-bond donors (Lipinski definition) is 0. The fourth-order valence-corrected chi connectivity index (χ4v) is 1.37. The second kappa shape index (κ2) is 12.3. The largest absolute Gasteiger partial charge is 0.652 e. The van der Waals surface area contributed by atoms with Crippen LogP contribution in [-0.4, -0.2) is 32.6 Å². The molecule has 0 aromatic carbocycles. The summed E-state index contributed by atoms with van der Waals surface area (Å²) in [6.45, 7) is 4.00. The highest BCUT2D eigenvalue weighted by atomic mass is 16.6. The van der Waals surface area contributed by atoms with E-state index in [2.05, 4.69) is 0 Å². The monoisotopic (exact) mass is 232 g/mol. The number of carboxylic acid groups (broad SMARTS) is 2. The molecule has 0 aromatic rings. The van der Waals surface area contributed by atoms with Gasteiger partial charge in [0.1, 0.15) is 0 Å². The van der Waals surface area contributed by atoms with Crippen LogP contribution in [0, 0.1) is 0 Å². The van der Waals surface area contributed by atoms with Crippen molar-refractivity contribution >= 4 is 6.16 Å². The van der Waals surface area contributed by atoms with Crippen molar-refractivity contribution in [2.75, 3.05) is 26.4 Å². The first-order valence-electron chi connectivity index (χ1n) is 5.77. The molecular weight excluding hydrogens is 212 g/mol. The molecule has 0 amide bonds. The SMILES string of the molecule is C1CCOCC1.C1CCOCC1.O=C([O-])[O-]. The summed E-state index contributed by atoms with van der Waals surface area (Å²) >= 11 is 0. The van der Waals surface area contributed by atoms with Gasteiger partial charge >= 0.3 is 0 Å². The Morgan fingerprint density at radius 3 is 1.00 bits per heavy atom. The minimum Gasteiger partial charge on any atom is -0.652 e. The van der Waals surface area contributed by atoms with Crippen molar-refractivity contribution in [3.05, 3.63) is 0 Å². The van der Waals surface area contributed by atoms with Crippen molar-refractivity contribution in [2.45, 2.75) is 38.5 Å². The zero-order chi connectivity index (χ0) is 12.1. The number of carbonyl (C=O) groups excluding carboxylic acids is 1. The maximum atomic E-state index is 8.33. The molecule has 16 heavy (non-hydrogen) atoms. The van der Waals surface area contributed by atoms with Crippen molar-refractivity contribution < 1.29 is 24.5 Å². The van der Waals surface area contributed by atoms with Crippen LogP contribution in [-0.2, 0) is 9.47 Å². The van der Waals surface area contributed by atoms with Gasteiger partial charge in [0.25, 0.3) is 0 Å². The molecule has 0 unspecified atom stereocenters. The van der Waals surface area contributed by atoms with Crippen LogP contribution < -0.4 is 10.2 Å². The molecule has 0 N–H and O–H groups in total. The lowest BCUT2D eigenvalue weighted by Crippen LogP contribution is -2.37. The van der Waals surface area contributed by atoms with Crippen LogP contribution in [0.2, 0.25) is 0 Å². The number of carbonyl (C=O) groups is 1. The highest BCUT2D eigenvalue weighted by molar-refractivity contribution is 5.47. The van der Waals surface area contributed by atoms with Gasteiger partial charge in [0.15, 0.2) is 0 Å². The lowest BCUT2D eigenvalue weighted by atomic mass is 10.2. The van der Waals surface area contributed by atoms with Gasteiger partial charge < -0.3 is 24.5 Å². The third kappa shape index (κ3) is 15.7. The van der Waals surface area contributed by atoms with Crippen molar-refractivity contribution in [2.24, 2.45) is 0 Å². The highest BCUT2D eigenvalue weighted by Crippen LogP contribution is 2.02. The predicted molar refractivity (Wildman–Crippen MR) is 54.7 cm³/mol. The Balaban J connectivity index is 0.000000217. The molecule has 96 valence electrons. The second-order valence-electron chi connectivity index (χ2n) is 3.60. The van der Waals surface area contributed by atoms with Gasteiger partial charge in [0, 0.05) is 26.4 Å². The summed E-state index contributed by atoms with van der Waals surface area (Å²) in [5.74, 6) is 0. The highest BCUT2D eigenvalue weighted by Gasteiger charge is 1.95. The molecule has 2 aliphatic heterocycles. The van der Waals surface area contributed by atoms with E-state index >= 15 is 0 Å². The zero-order valence-corrected chi connectivity index (χ0v) is 9.61. The lowest BCUT2D eigenvalue weighted by molar-refractivity contribution is -0.415. The van der Waals surface area contributed by atoms with E-state index in [1.807, 2.05) is 0 Å². The Morgan fingerprint density at radius 2 is 0.938 bits per heavy atom. The van der Waals surface area contributed by atoms with Crippen molar-refractivity contribution in [1.82, 2.24) is 0 Å². The molecule has 0 bridgehead atoms. The molecule has 2 rings (SSSR count). The molecule has 0 atom stereocenters. The molecule has 2 aliphatic rings. The smallest absolute Gasteiger partial charge is 0.0466 e. The molecule has 0 radical (unpaired) electrons. The van der Waals surface area contributed by atoms with Gasteiger partial charge in [-0.25, -0.2) is 0 Å². The van der Waals surface area contributed by atoms with Crippen LogP contribution >= 0.6 is 0 Å². The fraction of sp³-hybridized carbons (Fsp3) is 0.909. The summed E-state index contributed by atoms with van der Waals surface area (Å²) in [5, 5.41) is 16.7. The summed E-state index contributed by atoms with van der Waals surface area (Å²) in [5.41, 5.74) is 0. The first-order chi connectivity index (χ1) is 7.73. The van der Waals surface area contributed by atoms with Crippen molar-refractivity contribution in [1.29, 1.82) is 0 Å². The van der Waals surface area contributed by atoms with E-state index < -0.39 is 6.16 Å². The summed E-state index contributed by atoms with van der Waals surface area (Å²) in [6.07, 6.45) is 5.53. The van der Waals surface area contributed by atoms with Gasteiger partial charge in [0.05, 0.1) is 0 Å². The standard InChI is InChI=1S/2C5H10O.CH2O3/c2*1-2-4-6-5-3-1;2-1(3)4/h2*1-5H2;(H2,2,3,4)/p-2. The molecule has 0 aromatic heterocycles. The Labute approximate surface area is 96.4 Å². The molecule has 0 spiro atoms. The summed E-state index contributed by atoms with van der Waals surface area (Å²) < 4.78 is 10.1. The maximum Gasteiger partial charge on any atom is 0.0466 e. The van der Waals surface area contributed by atoms with Crippen LogP contribution in [0.1, 0.15) is 38.5 Å². The Bertz CT molecular complexity index is 113. The second-order valence-corrected chi connectivity index (χ2v) is 3.60. The molecular formula is C11H20O5-2. The zero-order valence-electron chi connectivity index (χ0n) is 9.61. The molecule has 5 heteroatoms. The van der Waals surface area contributed by atoms with Crippen LogP contribution in [0.5, 0.6) is 0 Å². The van der Waals surface area contributed by atoms with Gasteiger partial charge in [0.2, 0.25) is 0 Å². The molecule has 2 saturated heterocycles. The van der Waals surface area contributed by atoms with Gasteiger partial charge in [-0.05, 0) is 44.7 Å². The molecule has 5 nitrogen and oxygen atoms in total. The van der Waals surface area contributed by atoms with Crippen molar-refractivity contribution in [3.8, 4) is 0 Å². The van der Waals surface area contributed by atoms with E-state index in [1.165, 1.54) is 38.5 Å². The van der Waals surface area contributed by atoms with E-state index in [0.717, 1.165) is 26.4 Å². The third-order valence-corrected chi connectivity index (χ3v) is 2.15. The van der Waals surface area contributed by atoms with Gasteiger partial charge in [-0.15, -0.1) is 0 Å². The van der Waals surface area contributed by atoms with Gasteiger partial charge in [-0.1, -0.05) is 0 Å². The van der Waals surface area contributed by atoms with Crippen LogP contribution in [0.25, 0.3) is 0 Å². The van der Waals surface area contributed by atoms with Crippen LogP contribution in [0.4, 0.5) is 4.79 Å². The first kappa shape index (κ1) is 15.2. The quantitative estimate of drug-likeness (QED) is 0.583. The summed E-state index contributed by atoms with van der Waals surface area (Å²) in [4.78, 5) is 8.33. The molecule has 2 heterocycles. The Kier molecular flexibility index (Phi) is 11.6. The maximum absolute atomic E-state index is 8.33. The first-order valence-corrected chi connectivity index (χ1v) is 5.77. The third-order valence-electron chi connectivity index (χ3n) is 2.15. The minimum absolute atomic E-state index is 1.00. The lowest BCUT2D eigenvalue weighted by Gasteiger charge is -2.08. The summed E-state index contributed by atoms with van der Waals surface area (Å²) in [7, 11) is 0. The molecule has 0 saturated carbocycles. The van der Waals surface area contributed by atoms with E-state index in [-0.39, 0.29) is 0 Å². The van der Waals surface area contributed by atoms with Gasteiger partial charge in [-0.3, -0.25) is 0 Å². The van der Waals surface area contributed by atoms with E-state index in [0.29, 0.717) is 0 Å². The van der Waals surface area contributed by atoms with Crippen LogP contribution in [0.15, 0.2) is 0 Å². The fourth-order valence-electron chi connectivity index (χ4n) is 1.37. The van der Waals surface area contributed by atoms with E-state index in [4.69, 9.17) is 24.5 Å². The molecule has 0 aliphatic carbocycles. The Hall–Kier alpha value is -0.810. The van der Waals surface area contributed by atoms with E-state index in [1.54, 1.807) is 0 Å². The topological polar surface area (TPSA) is 81.7 Å². The number of ether oxygens (including phenoxy) is 2. The van der Waals surface area contributed by atoms with E-state index in [9.17, 15) is 0 Å². The summed E-state index contributed by atoms with van der Waals surface area (Å²) in [6, 6.07) is 0. The average Bonchev–Trinajstić information content (AvgIpc) is 2.34. The van der Waals surface area contributed by atoms with Gasteiger partial charge in [-0.2, -0.15) is 0 Å². The normalized spacial score (nSPS) is 19.5. The molecule has 2 fully saturated rings.